The van der Waals surface area contributed by atoms with Crippen molar-refractivity contribution in [2.24, 2.45) is 0 Å². The SMILES string of the molecule is C[C@@H]1NC[C@H]1N(C(=O)O)C(C)(C)C. The predicted molar refractivity (Wildman–Crippen MR) is 50.9 cm³/mol. The molecule has 2 N–H and O–H groups in total. The Morgan fingerprint density at radius 2 is 2.08 bits per heavy atom. The number of nitrogens with zero attached hydrogens (tertiary/aromatic N) is 1. The molecule has 0 aromatic carbocycles. The van der Waals surface area contributed by atoms with Crippen LogP contribution in [0, 0.1) is 0 Å². The summed E-state index contributed by atoms with van der Waals surface area (Å²) in [6, 6.07) is 0.396. The number of amides is 1. The average molecular weight is 186 g/mol. The third-order valence-corrected chi connectivity index (χ3v) is 2.49. The van der Waals surface area contributed by atoms with Gasteiger partial charge in [0, 0.05) is 18.1 Å². The lowest BCUT2D eigenvalue weighted by atomic mass is 9.95. The Morgan fingerprint density at radius 3 is 2.15 bits per heavy atom. The summed E-state index contributed by atoms with van der Waals surface area (Å²) in [5.41, 5.74) is -0.313. The van der Waals surface area contributed by atoms with Crippen LogP contribution >= 0.6 is 0 Å². The van der Waals surface area contributed by atoms with Gasteiger partial charge in [-0.2, -0.15) is 0 Å². The number of carbonyl (C=O) groups is 1. The van der Waals surface area contributed by atoms with Crippen LogP contribution in [0.5, 0.6) is 0 Å². The highest BCUT2D eigenvalue weighted by molar-refractivity contribution is 5.67. The quantitative estimate of drug-likeness (QED) is 0.645. The van der Waals surface area contributed by atoms with E-state index in [4.69, 9.17) is 5.11 Å². The standard InChI is InChI=1S/C9H18N2O2/c1-6-7(5-10-6)11(8(12)13)9(2,3)4/h6-7,10H,5H2,1-4H3,(H,12,13)/t6-,7+/m0/s1. The lowest BCUT2D eigenvalue weighted by Gasteiger charge is -2.48. The molecular formula is C9H18N2O2. The van der Waals surface area contributed by atoms with Crippen LogP contribution in [0.4, 0.5) is 4.79 Å². The number of hydrogen-bond acceptors (Lipinski definition) is 2. The first-order valence-electron chi connectivity index (χ1n) is 4.59. The van der Waals surface area contributed by atoms with Crippen LogP contribution in [0.1, 0.15) is 27.7 Å². The van der Waals surface area contributed by atoms with Crippen molar-refractivity contribution in [3.63, 3.8) is 0 Å². The van der Waals surface area contributed by atoms with E-state index in [9.17, 15) is 4.79 Å². The van der Waals surface area contributed by atoms with Gasteiger partial charge in [0.05, 0.1) is 6.04 Å². The molecule has 0 aromatic heterocycles. The maximum atomic E-state index is 11.0. The highest BCUT2D eigenvalue weighted by atomic mass is 16.4. The molecule has 1 rings (SSSR count). The highest BCUT2D eigenvalue weighted by Gasteiger charge is 2.40. The molecule has 0 aliphatic carbocycles. The zero-order valence-corrected chi connectivity index (χ0v) is 8.66. The van der Waals surface area contributed by atoms with Crippen molar-refractivity contribution < 1.29 is 9.90 Å². The lowest BCUT2D eigenvalue weighted by Crippen LogP contribution is -2.68. The fraction of sp³-hybridized carbons (Fsp3) is 0.889. The fourth-order valence-electron chi connectivity index (χ4n) is 1.70. The lowest BCUT2D eigenvalue weighted by molar-refractivity contribution is 0.0321. The molecule has 1 aliphatic heterocycles. The minimum absolute atomic E-state index is 0.123. The molecule has 0 saturated carbocycles. The second-order valence-electron chi connectivity index (χ2n) is 4.59. The summed E-state index contributed by atoms with van der Waals surface area (Å²) in [4.78, 5) is 12.6. The molecule has 4 heteroatoms. The Hall–Kier alpha value is -0.770. The van der Waals surface area contributed by atoms with Crippen molar-refractivity contribution in [3.8, 4) is 0 Å². The van der Waals surface area contributed by atoms with Gasteiger partial charge in [-0.1, -0.05) is 0 Å². The minimum Gasteiger partial charge on any atom is -0.465 e. The van der Waals surface area contributed by atoms with Crippen molar-refractivity contribution in [1.82, 2.24) is 10.2 Å². The predicted octanol–water partition coefficient (Wildman–Crippen LogP) is 1.13. The van der Waals surface area contributed by atoms with Crippen LogP contribution in [0.2, 0.25) is 0 Å². The zero-order valence-electron chi connectivity index (χ0n) is 8.66. The summed E-state index contributed by atoms with van der Waals surface area (Å²) in [6.07, 6.45) is -0.828. The zero-order chi connectivity index (χ0) is 10.2. The number of rotatable bonds is 1. The van der Waals surface area contributed by atoms with Gasteiger partial charge in [-0.25, -0.2) is 4.79 Å². The van der Waals surface area contributed by atoms with Crippen LogP contribution < -0.4 is 5.32 Å². The summed E-state index contributed by atoms with van der Waals surface area (Å²) >= 11 is 0. The van der Waals surface area contributed by atoms with Gasteiger partial charge in [-0.3, -0.25) is 4.90 Å². The third kappa shape index (κ3) is 1.94. The molecule has 1 fully saturated rings. The second-order valence-corrected chi connectivity index (χ2v) is 4.59. The van der Waals surface area contributed by atoms with Crippen LogP contribution in [-0.4, -0.2) is 40.3 Å². The molecule has 0 spiro atoms. The molecule has 1 saturated heterocycles. The molecule has 1 aliphatic rings. The van der Waals surface area contributed by atoms with E-state index in [1.54, 1.807) is 0 Å². The maximum absolute atomic E-state index is 11.0. The third-order valence-electron chi connectivity index (χ3n) is 2.49. The first kappa shape index (κ1) is 10.3. The van der Waals surface area contributed by atoms with E-state index in [1.165, 1.54) is 4.90 Å². The molecule has 0 radical (unpaired) electrons. The number of hydrogen-bond donors (Lipinski definition) is 2. The minimum atomic E-state index is -0.828. The summed E-state index contributed by atoms with van der Waals surface area (Å²) in [5, 5.41) is 12.2. The van der Waals surface area contributed by atoms with Gasteiger partial charge >= 0.3 is 6.09 Å². The smallest absolute Gasteiger partial charge is 0.408 e. The molecule has 76 valence electrons. The van der Waals surface area contributed by atoms with E-state index in [0.717, 1.165) is 6.54 Å². The Balaban J connectivity index is 2.74. The van der Waals surface area contributed by atoms with Gasteiger partial charge in [0.25, 0.3) is 0 Å². The van der Waals surface area contributed by atoms with Gasteiger partial charge in [0.2, 0.25) is 0 Å². The summed E-state index contributed by atoms with van der Waals surface area (Å²) in [5.74, 6) is 0. The summed E-state index contributed by atoms with van der Waals surface area (Å²) in [7, 11) is 0. The van der Waals surface area contributed by atoms with E-state index >= 15 is 0 Å². The Bertz CT molecular complexity index is 210. The maximum Gasteiger partial charge on any atom is 0.408 e. The van der Waals surface area contributed by atoms with Crippen molar-refractivity contribution >= 4 is 6.09 Å². The Labute approximate surface area is 78.9 Å². The molecule has 1 amide bonds. The van der Waals surface area contributed by atoms with E-state index in [0.29, 0.717) is 0 Å². The van der Waals surface area contributed by atoms with Crippen LogP contribution in [0.15, 0.2) is 0 Å². The van der Waals surface area contributed by atoms with Gasteiger partial charge < -0.3 is 10.4 Å². The molecule has 0 aromatic rings. The van der Waals surface area contributed by atoms with E-state index in [1.807, 2.05) is 27.7 Å². The molecule has 0 bridgehead atoms. The number of carboxylic acid groups (broad SMARTS) is 1. The summed E-state index contributed by atoms with van der Waals surface area (Å²) < 4.78 is 0. The first-order chi connectivity index (χ1) is 5.84. The van der Waals surface area contributed by atoms with E-state index < -0.39 is 6.09 Å². The molecule has 2 atom stereocenters. The molecule has 4 nitrogen and oxygen atoms in total. The van der Waals surface area contributed by atoms with Crippen LogP contribution in [-0.2, 0) is 0 Å². The molecule has 1 heterocycles. The molecular weight excluding hydrogens is 168 g/mol. The van der Waals surface area contributed by atoms with Crippen LogP contribution in [0.3, 0.4) is 0 Å². The van der Waals surface area contributed by atoms with Gasteiger partial charge in [0.15, 0.2) is 0 Å². The Morgan fingerprint density at radius 1 is 1.54 bits per heavy atom. The monoisotopic (exact) mass is 186 g/mol. The van der Waals surface area contributed by atoms with E-state index in [-0.39, 0.29) is 17.6 Å². The first-order valence-corrected chi connectivity index (χ1v) is 4.59. The van der Waals surface area contributed by atoms with Crippen molar-refractivity contribution in [3.05, 3.63) is 0 Å². The molecule has 0 unspecified atom stereocenters. The normalized spacial score (nSPS) is 28.0. The highest BCUT2D eigenvalue weighted by Crippen LogP contribution is 2.22. The van der Waals surface area contributed by atoms with E-state index in [2.05, 4.69) is 5.32 Å². The van der Waals surface area contributed by atoms with Crippen LogP contribution in [0.25, 0.3) is 0 Å². The fourth-order valence-corrected chi connectivity index (χ4v) is 1.70. The summed E-state index contributed by atoms with van der Waals surface area (Å²) in [6.45, 7) is 8.55. The topological polar surface area (TPSA) is 52.6 Å². The van der Waals surface area contributed by atoms with Gasteiger partial charge in [-0.15, -0.1) is 0 Å². The second kappa shape index (κ2) is 3.18. The van der Waals surface area contributed by atoms with Gasteiger partial charge in [-0.05, 0) is 27.7 Å². The van der Waals surface area contributed by atoms with Crippen molar-refractivity contribution in [1.29, 1.82) is 0 Å². The van der Waals surface area contributed by atoms with Crippen molar-refractivity contribution in [2.45, 2.75) is 45.3 Å². The average Bonchev–Trinajstić information content (AvgIpc) is 1.93. The largest absolute Gasteiger partial charge is 0.465 e. The van der Waals surface area contributed by atoms with Crippen molar-refractivity contribution in [2.75, 3.05) is 6.54 Å². The molecule has 13 heavy (non-hydrogen) atoms. The van der Waals surface area contributed by atoms with Gasteiger partial charge in [0.1, 0.15) is 0 Å². The number of nitrogens with one attached hydrogen (secondary N) is 1. The Kier molecular flexibility index (Phi) is 2.52.